The number of hydrogen-bond donors (Lipinski definition) is 0. The molecular weight excluding hydrogens is 409 g/mol. The molecule has 1 spiro atoms. The summed E-state index contributed by atoms with van der Waals surface area (Å²) in [5, 5.41) is 0. The first-order chi connectivity index (χ1) is 15.6. The second-order valence-corrected chi connectivity index (χ2v) is 9.24. The van der Waals surface area contributed by atoms with Crippen molar-refractivity contribution >= 4 is 5.91 Å². The number of nitrogens with zero attached hydrogens (tertiary/aromatic N) is 1. The molecule has 32 heavy (non-hydrogen) atoms. The normalized spacial score (nSPS) is 24.4. The minimum Gasteiger partial charge on any atom is -0.488 e. The van der Waals surface area contributed by atoms with Crippen LogP contribution in [0, 0.1) is 5.82 Å². The topological polar surface area (TPSA) is 48.0 Å². The molecule has 0 aliphatic carbocycles. The lowest BCUT2D eigenvalue weighted by molar-refractivity contribution is -0.146. The molecule has 1 amide bonds. The quantitative estimate of drug-likeness (QED) is 0.720. The Hall–Kier alpha value is -2.44. The van der Waals surface area contributed by atoms with Gasteiger partial charge in [-0.1, -0.05) is 30.3 Å². The van der Waals surface area contributed by atoms with Crippen molar-refractivity contribution in [2.75, 3.05) is 32.9 Å². The summed E-state index contributed by atoms with van der Waals surface area (Å²) in [5.41, 5.74) is 0.365. The highest BCUT2D eigenvalue weighted by atomic mass is 19.1. The van der Waals surface area contributed by atoms with Crippen molar-refractivity contribution in [1.29, 1.82) is 0 Å². The summed E-state index contributed by atoms with van der Waals surface area (Å²) in [7, 11) is 0. The largest absolute Gasteiger partial charge is 0.488 e. The lowest BCUT2D eigenvalue weighted by atomic mass is 9.72. The zero-order valence-electron chi connectivity index (χ0n) is 18.3. The van der Waals surface area contributed by atoms with Crippen LogP contribution in [-0.4, -0.2) is 55.4 Å². The van der Waals surface area contributed by atoms with Crippen LogP contribution in [0.4, 0.5) is 4.39 Å². The Labute approximate surface area is 188 Å². The lowest BCUT2D eigenvalue weighted by Gasteiger charge is -2.44. The van der Waals surface area contributed by atoms with Crippen molar-refractivity contribution < 1.29 is 23.4 Å². The molecule has 3 aliphatic rings. The van der Waals surface area contributed by atoms with Gasteiger partial charge in [0.05, 0.1) is 17.6 Å². The van der Waals surface area contributed by atoms with E-state index in [9.17, 15) is 9.18 Å². The van der Waals surface area contributed by atoms with Gasteiger partial charge in [0.1, 0.15) is 17.7 Å². The molecule has 6 heteroatoms. The Balaban J connectivity index is 1.23. The van der Waals surface area contributed by atoms with E-state index in [4.69, 9.17) is 14.2 Å². The molecule has 1 atom stereocenters. The molecular formula is C26H30FNO4. The standard InChI is InChI=1S/C26H30FNO4/c27-21-6-8-22(9-7-21)32-23-18-25(31-19-23)10-14-28(15-11-25)24(29)26(12-16-30-17-13-26)20-4-2-1-3-5-20/h1-9,23H,10-19H2. The van der Waals surface area contributed by atoms with Crippen molar-refractivity contribution in [2.45, 2.75) is 49.2 Å². The Morgan fingerprint density at radius 3 is 2.34 bits per heavy atom. The smallest absolute Gasteiger partial charge is 0.233 e. The summed E-state index contributed by atoms with van der Waals surface area (Å²) in [6.07, 6.45) is 3.81. The molecule has 5 nitrogen and oxygen atoms in total. The maximum Gasteiger partial charge on any atom is 0.233 e. The highest BCUT2D eigenvalue weighted by molar-refractivity contribution is 5.88. The highest BCUT2D eigenvalue weighted by Crippen LogP contribution is 2.41. The fourth-order valence-corrected chi connectivity index (χ4v) is 5.46. The Kier molecular flexibility index (Phi) is 5.91. The number of likely N-dealkylation sites (tertiary alicyclic amines) is 1. The van der Waals surface area contributed by atoms with E-state index in [2.05, 4.69) is 12.1 Å². The Morgan fingerprint density at radius 1 is 0.969 bits per heavy atom. The van der Waals surface area contributed by atoms with E-state index in [0.29, 0.717) is 38.7 Å². The van der Waals surface area contributed by atoms with Crippen LogP contribution in [0.1, 0.15) is 37.7 Å². The van der Waals surface area contributed by atoms with Crippen LogP contribution >= 0.6 is 0 Å². The number of piperidine rings is 1. The number of benzene rings is 2. The summed E-state index contributed by atoms with van der Waals surface area (Å²) < 4.78 is 31.0. The lowest BCUT2D eigenvalue weighted by Crippen LogP contribution is -2.54. The second kappa shape index (κ2) is 8.83. The molecule has 1 unspecified atom stereocenters. The van der Waals surface area contributed by atoms with Crippen LogP contribution in [0.5, 0.6) is 5.75 Å². The van der Waals surface area contributed by atoms with E-state index >= 15 is 0 Å². The predicted molar refractivity (Wildman–Crippen MR) is 118 cm³/mol. The maximum atomic E-state index is 13.8. The van der Waals surface area contributed by atoms with Gasteiger partial charge in [-0.2, -0.15) is 0 Å². The average Bonchev–Trinajstić information content (AvgIpc) is 3.23. The fourth-order valence-electron chi connectivity index (χ4n) is 5.46. The van der Waals surface area contributed by atoms with Gasteiger partial charge in [0.25, 0.3) is 0 Å². The molecule has 5 rings (SSSR count). The van der Waals surface area contributed by atoms with E-state index in [-0.39, 0.29) is 23.4 Å². The summed E-state index contributed by atoms with van der Waals surface area (Å²) in [6, 6.07) is 16.3. The van der Waals surface area contributed by atoms with Gasteiger partial charge in [-0.15, -0.1) is 0 Å². The van der Waals surface area contributed by atoms with Gasteiger partial charge in [-0.3, -0.25) is 4.79 Å². The predicted octanol–water partition coefficient (Wildman–Crippen LogP) is 4.10. The SMILES string of the molecule is O=C(N1CCC2(CC1)CC(Oc1ccc(F)cc1)CO2)C1(c2ccccc2)CCOCC1. The van der Waals surface area contributed by atoms with Crippen molar-refractivity contribution in [2.24, 2.45) is 0 Å². The summed E-state index contributed by atoms with van der Waals surface area (Å²) in [6.45, 7) is 3.14. The van der Waals surface area contributed by atoms with E-state index in [1.807, 2.05) is 23.1 Å². The molecule has 0 saturated carbocycles. The van der Waals surface area contributed by atoms with Gasteiger partial charge in [0.2, 0.25) is 5.91 Å². The number of amides is 1. The maximum absolute atomic E-state index is 13.8. The fraction of sp³-hybridized carbons (Fsp3) is 0.500. The number of carbonyl (C=O) groups is 1. The number of ether oxygens (including phenoxy) is 3. The highest BCUT2D eigenvalue weighted by Gasteiger charge is 2.48. The van der Waals surface area contributed by atoms with E-state index in [1.54, 1.807) is 12.1 Å². The molecule has 3 heterocycles. The van der Waals surface area contributed by atoms with Gasteiger partial charge in [-0.05, 0) is 55.5 Å². The van der Waals surface area contributed by atoms with Crippen molar-refractivity contribution in [3.8, 4) is 5.75 Å². The van der Waals surface area contributed by atoms with Crippen LogP contribution in [0.2, 0.25) is 0 Å². The van der Waals surface area contributed by atoms with Crippen LogP contribution in [-0.2, 0) is 19.7 Å². The molecule has 0 N–H and O–H groups in total. The minimum absolute atomic E-state index is 0.0473. The first-order valence-corrected chi connectivity index (χ1v) is 11.6. The number of carbonyl (C=O) groups excluding carboxylic acids is 1. The van der Waals surface area contributed by atoms with Crippen LogP contribution < -0.4 is 4.74 Å². The molecule has 2 aromatic carbocycles. The van der Waals surface area contributed by atoms with E-state index in [1.165, 1.54) is 12.1 Å². The van der Waals surface area contributed by atoms with Gasteiger partial charge >= 0.3 is 0 Å². The Morgan fingerprint density at radius 2 is 1.66 bits per heavy atom. The molecule has 170 valence electrons. The van der Waals surface area contributed by atoms with Gasteiger partial charge in [-0.25, -0.2) is 4.39 Å². The van der Waals surface area contributed by atoms with Crippen molar-refractivity contribution in [3.05, 3.63) is 66.0 Å². The second-order valence-electron chi connectivity index (χ2n) is 9.24. The summed E-state index contributed by atoms with van der Waals surface area (Å²) in [5.74, 6) is 0.610. The first kappa shape index (κ1) is 21.4. The molecule has 3 saturated heterocycles. The number of rotatable bonds is 4. The molecule has 3 fully saturated rings. The molecule has 2 aromatic rings. The third-order valence-electron chi connectivity index (χ3n) is 7.34. The molecule has 0 radical (unpaired) electrons. The zero-order chi connectivity index (χ0) is 22.0. The molecule has 0 bridgehead atoms. The van der Waals surface area contributed by atoms with Crippen molar-refractivity contribution in [1.82, 2.24) is 4.90 Å². The third-order valence-corrected chi connectivity index (χ3v) is 7.34. The minimum atomic E-state index is -0.491. The van der Waals surface area contributed by atoms with Gasteiger partial charge in [0, 0.05) is 32.7 Å². The first-order valence-electron chi connectivity index (χ1n) is 11.6. The Bertz CT molecular complexity index is 919. The summed E-state index contributed by atoms with van der Waals surface area (Å²) >= 11 is 0. The van der Waals surface area contributed by atoms with Crippen LogP contribution in [0.25, 0.3) is 0 Å². The monoisotopic (exact) mass is 439 g/mol. The third kappa shape index (κ3) is 4.14. The summed E-state index contributed by atoms with van der Waals surface area (Å²) in [4.78, 5) is 15.8. The van der Waals surface area contributed by atoms with Crippen LogP contribution in [0.3, 0.4) is 0 Å². The van der Waals surface area contributed by atoms with E-state index < -0.39 is 5.41 Å². The number of hydrogen-bond acceptors (Lipinski definition) is 4. The number of halogens is 1. The molecule has 3 aliphatic heterocycles. The molecule has 0 aromatic heterocycles. The van der Waals surface area contributed by atoms with E-state index in [0.717, 1.165) is 37.7 Å². The van der Waals surface area contributed by atoms with Gasteiger partial charge < -0.3 is 19.1 Å². The van der Waals surface area contributed by atoms with Crippen LogP contribution in [0.15, 0.2) is 54.6 Å². The van der Waals surface area contributed by atoms with Crippen molar-refractivity contribution in [3.63, 3.8) is 0 Å². The van der Waals surface area contributed by atoms with Gasteiger partial charge in [0.15, 0.2) is 0 Å². The average molecular weight is 440 g/mol. The zero-order valence-corrected chi connectivity index (χ0v) is 18.3.